The lowest BCUT2D eigenvalue weighted by Crippen LogP contribution is -2.56. The molecule has 1 aromatic heterocycles. The molecule has 4 rings (SSSR count). The summed E-state index contributed by atoms with van der Waals surface area (Å²) in [5.41, 5.74) is 2.66. The first-order chi connectivity index (χ1) is 15.4. The summed E-state index contributed by atoms with van der Waals surface area (Å²) in [5, 5.41) is 4.20. The van der Waals surface area contributed by atoms with Crippen molar-refractivity contribution in [2.45, 2.75) is 63.7 Å². The number of benzene rings is 1. The second-order valence-electron chi connectivity index (χ2n) is 8.69. The van der Waals surface area contributed by atoms with E-state index < -0.39 is 0 Å². The molecule has 0 radical (unpaired) electrons. The topological polar surface area (TPSA) is 76.5 Å². The van der Waals surface area contributed by atoms with Crippen LogP contribution in [0.15, 0.2) is 29.6 Å². The van der Waals surface area contributed by atoms with Crippen molar-refractivity contribution in [2.75, 3.05) is 25.4 Å². The van der Waals surface area contributed by atoms with Gasteiger partial charge in [-0.25, -0.2) is 4.98 Å². The Kier molecular flexibility index (Phi) is 6.79. The van der Waals surface area contributed by atoms with E-state index in [2.05, 4.69) is 30.2 Å². The fraction of sp³-hybridized carbons (Fsp3) is 0.542. The molecule has 1 fully saturated rings. The number of carbonyl (C=O) groups excluding carboxylic acids is 2. The van der Waals surface area contributed by atoms with Crippen molar-refractivity contribution in [3.05, 3.63) is 41.2 Å². The molecule has 8 heteroatoms. The number of rotatable bonds is 7. The molecular weight excluding hydrogens is 424 g/mol. The molecule has 0 unspecified atom stereocenters. The van der Waals surface area contributed by atoms with Crippen LogP contribution < -0.4 is 10.1 Å². The number of thioether (sulfide) groups is 1. The summed E-state index contributed by atoms with van der Waals surface area (Å²) >= 11 is 1.68. The average molecular weight is 457 g/mol. The Balaban J connectivity index is 1.28. The molecule has 1 saturated heterocycles. The summed E-state index contributed by atoms with van der Waals surface area (Å²) < 4.78 is 7.86. The number of amides is 2. The maximum Gasteiger partial charge on any atom is 0.270 e. The molecule has 0 aliphatic carbocycles. The molecule has 7 nitrogen and oxygen atoms in total. The second-order valence-corrected chi connectivity index (χ2v) is 9.75. The van der Waals surface area contributed by atoms with Crippen molar-refractivity contribution in [3.8, 4) is 5.75 Å². The van der Waals surface area contributed by atoms with Gasteiger partial charge in [0.2, 0.25) is 5.91 Å². The van der Waals surface area contributed by atoms with Crippen molar-refractivity contribution < 1.29 is 14.3 Å². The zero-order valence-corrected chi connectivity index (χ0v) is 20.0. The van der Waals surface area contributed by atoms with E-state index in [1.54, 1.807) is 18.0 Å². The van der Waals surface area contributed by atoms with E-state index in [-0.39, 0.29) is 17.4 Å². The van der Waals surface area contributed by atoms with Gasteiger partial charge in [-0.3, -0.25) is 9.59 Å². The zero-order chi connectivity index (χ0) is 22.7. The second kappa shape index (κ2) is 9.57. The molecule has 1 N–H and O–H groups in total. The van der Waals surface area contributed by atoms with Gasteiger partial charge in [-0.2, -0.15) is 0 Å². The van der Waals surface area contributed by atoms with E-state index in [4.69, 9.17) is 4.74 Å². The standard InChI is InChI=1S/C24H32N4O3S/c1-4-24(26-22(30)19-16-25-23-28(19)13-15-32-23)9-11-27(12-10-24)21(29)8-14-31-20-7-5-6-17(2)18(20)3/h5-7,16H,4,8-15H2,1-3H3,(H,26,30). The molecule has 1 aromatic carbocycles. The van der Waals surface area contributed by atoms with Gasteiger partial charge < -0.3 is 19.5 Å². The molecule has 0 atom stereocenters. The summed E-state index contributed by atoms with van der Waals surface area (Å²) in [6.45, 7) is 8.69. The van der Waals surface area contributed by atoms with Gasteiger partial charge in [0.1, 0.15) is 11.4 Å². The first-order valence-corrected chi connectivity index (χ1v) is 12.4. The maximum atomic E-state index is 13.0. The molecule has 0 saturated carbocycles. The number of aryl methyl sites for hydroxylation is 1. The number of imidazole rings is 1. The van der Waals surface area contributed by atoms with Gasteiger partial charge in [0.15, 0.2) is 5.16 Å². The number of hydrogen-bond acceptors (Lipinski definition) is 5. The summed E-state index contributed by atoms with van der Waals surface area (Å²) in [4.78, 5) is 31.9. The van der Waals surface area contributed by atoms with Crippen LogP contribution >= 0.6 is 11.8 Å². The predicted molar refractivity (Wildman–Crippen MR) is 125 cm³/mol. The van der Waals surface area contributed by atoms with Crippen LogP contribution in [0.3, 0.4) is 0 Å². The average Bonchev–Trinajstić information content (AvgIpc) is 3.41. The van der Waals surface area contributed by atoms with Crippen molar-refractivity contribution in [1.29, 1.82) is 0 Å². The lowest BCUT2D eigenvalue weighted by molar-refractivity contribution is -0.133. The number of carbonyl (C=O) groups is 2. The molecule has 2 aliphatic rings. The number of nitrogens with one attached hydrogen (secondary N) is 1. The Bertz CT molecular complexity index is 995. The fourth-order valence-corrected chi connectivity index (χ4v) is 5.37. The van der Waals surface area contributed by atoms with Crippen molar-refractivity contribution >= 4 is 23.6 Å². The summed E-state index contributed by atoms with van der Waals surface area (Å²) in [7, 11) is 0. The van der Waals surface area contributed by atoms with Crippen LogP contribution in [0.1, 0.15) is 54.2 Å². The maximum absolute atomic E-state index is 13.0. The minimum Gasteiger partial charge on any atom is -0.493 e. The number of nitrogens with zero attached hydrogens (tertiary/aromatic N) is 3. The van der Waals surface area contributed by atoms with E-state index in [1.165, 1.54) is 5.56 Å². The monoisotopic (exact) mass is 456 g/mol. The third kappa shape index (κ3) is 4.65. The largest absolute Gasteiger partial charge is 0.493 e. The van der Waals surface area contributed by atoms with Crippen LogP contribution in [0, 0.1) is 13.8 Å². The highest BCUT2D eigenvalue weighted by atomic mass is 32.2. The molecule has 32 heavy (non-hydrogen) atoms. The van der Waals surface area contributed by atoms with Crippen LogP contribution in [0.5, 0.6) is 5.75 Å². The smallest absolute Gasteiger partial charge is 0.270 e. The summed E-state index contributed by atoms with van der Waals surface area (Å²) in [5.74, 6) is 1.85. The number of aromatic nitrogens is 2. The Morgan fingerprint density at radius 1 is 1.22 bits per heavy atom. The lowest BCUT2D eigenvalue weighted by Gasteiger charge is -2.42. The van der Waals surface area contributed by atoms with Crippen molar-refractivity contribution in [2.24, 2.45) is 0 Å². The van der Waals surface area contributed by atoms with Gasteiger partial charge in [0.25, 0.3) is 5.91 Å². The number of fused-ring (bicyclic) bond motifs is 1. The lowest BCUT2D eigenvalue weighted by atomic mass is 9.84. The van der Waals surface area contributed by atoms with Crippen LogP contribution in [-0.4, -0.2) is 57.3 Å². The predicted octanol–water partition coefficient (Wildman–Crippen LogP) is 3.58. The molecule has 0 spiro atoms. The Hall–Kier alpha value is -2.48. The van der Waals surface area contributed by atoms with E-state index in [0.717, 1.165) is 48.0 Å². The molecule has 2 aromatic rings. The highest BCUT2D eigenvalue weighted by Crippen LogP contribution is 2.29. The zero-order valence-electron chi connectivity index (χ0n) is 19.1. The normalized spacial score (nSPS) is 17.2. The first kappa shape index (κ1) is 22.7. The molecule has 0 bridgehead atoms. The van der Waals surface area contributed by atoms with Gasteiger partial charge in [-0.05, 0) is 50.3 Å². The van der Waals surface area contributed by atoms with E-state index >= 15 is 0 Å². The van der Waals surface area contributed by atoms with Gasteiger partial charge in [0.05, 0.1) is 19.2 Å². The molecule has 2 amide bonds. The number of piperidine rings is 1. The van der Waals surface area contributed by atoms with E-state index in [9.17, 15) is 9.59 Å². The summed E-state index contributed by atoms with van der Waals surface area (Å²) in [6.07, 6.45) is 4.39. The van der Waals surface area contributed by atoms with Crippen LogP contribution in [0.4, 0.5) is 0 Å². The molecule has 2 aliphatic heterocycles. The molecule has 3 heterocycles. The van der Waals surface area contributed by atoms with Gasteiger partial charge in [-0.15, -0.1) is 0 Å². The number of ether oxygens (including phenoxy) is 1. The van der Waals surface area contributed by atoms with Crippen LogP contribution in [0.25, 0.3) is 0 Å². The minimum absolute atomic E-state index is 0.0604. The molecule has 172 valence electrons. The highest BCUT2D eigenvalue weighted by molar-refractivity contribution is 7.99. The van der Waals surface area contributed by atoms with Gasteiger partial charge >= 0.3 is 0 Å². The quantitative estimate of drug-likeness (QED) is 0.689. The van der Waals surface area contributed by atoms with Crippen LogP contribution in [-0.2, 0) is 11.3 Å². The first-order valence-electron chi connectivity index (χ1n) is 11.4. The minimum atomic E-state index is -0.278. The van der Waals surface area contributed by atoms with Crippen molar-refractivity contribution in [3.63, 3.8) is 0 Å². The third-order valence-electron chi connectivity index (χ3n) is 6.85. The number of hydrogen-bond donors (Lipinski definition) is 1. The highest BCUT2D eigenvalue weighted by Gasteiger charge is 2.36. The fourth-order valence-electron chi connectivity index (χ4n) is 4.44. The Morgan fingerprint density at radius 3 is 2.75 bits per heavy atom. The van der Waals surface area contributed by atoms with Gasteiger partial charge in [0, 0.05) is 30.9 Å². The Morgan fingerprint density at radius 2 is 2.00 bits per heavy atom. The summed E-state index contributed by atoms with van der Waals surface area (Å²) in [6, 6.07) is 5.97. The Labute approximate surface area is 193 Å². The number of likely N-dealkylation sites (tertiary alicyclic amines) is 1. The SMILES string of the molecule is CCC1(NC(=O)c2cnc3n2CCS3)CCN(C(=O)CCOc2cccc(C)c2C)CC1. The van der Waals surface area contributed by atoms with E-state index in [1.807, 2.05) is 28.5 Å². The van der Waals surface area contributed by atoms with E-state index in [0.29, 0.717) is 31.8 Å². The van der Waals surface area contributed by atoms with Crippen molar-refractivity contribution in [1.82, 2.24) is 19.8 Å². The third-order valence-corrected chi connectivity index (χ3v) is 7.83. The van der Waals surface area contributed by atoms with Gasteiger partial charge in [-0.1, -0.05) is 30.8 Å². The van der Waals surface area contributed by atoms with Crippen LogP contribution in [0.2, 0.25) is 0 Å². The molecular formula is C24H32N4O3S.